The van der Waals surface area contributed by atoms with Gasteiger partial charge in [0.25, 0.3) is 9.03 Å². The van der Waals surface area contributed by atoms with Crippen molar-refractivity contribution >= 4 is 9.03 Å². The third kappa shape index (κ3) is 7.51. The molecule has 3 heteroatoms. The fraction of sp³-hybridized carbons (Fsp3) is 0.333. The smallest absolute Gasteiger partial charge is 0.274 e. The maximum absolute atomic E-state index is 4.90. The minimum Gasteiger partial charge on any atom is -0.446 e. The molecule has 0 radical (unpaired) electrons. The van der Waals surface area contributed by atoms with Crippen LogP contribution in [0.15, 0.2) is 24.7 Å². The third-order valence-electron chi connectivity index (χ3n) is 0.432. The zero-order chi connectivity index (χ0) is 7.28. The van der Waals surface area contributed by atoms with Gasteiger partial charge in [0.05, 0.1) is 11.5 Å². The van der Waals surface area contributed by atoms with Gasteiger partial charge in [0.2, 0.25) is 0 Å². The Labute approximate surface area is 57.5 Å². The standard InChI is InChI=1S/C6H11O2P/c1-5(2)7-9-8-6(3)4/h9H,1,3H2,2,4H3. The second-order valence-electron chi connectivity index (χ2n) is 1.69. The quantitative estimate of drug-likeness (QED) is 0.448. The molecule has 0 fully saturated rings. The van der Waals surface area contributed by atoms with Gasteiger partial charge >= 0.3 is 0 Å². The summed E-state index contributed by atoms with van der Waals surface area (Å²) < 4.78 is 9.81. The molecule has 0 aromatic heterocycles. The molecule has 0 aromatic carbocycles. The van der Waals surface area contributed by atoms with Gasteiger partial charge in [0.15, 0.2) is 0 Å². The van der Waals surface area contributed by atoms with E-state index in [2.05, 4.69) is 13.2 Å². The molecule has 0 aromatic rings. The average Bonchev–Trinajstić information content (AvgIpc) is 1.63. The van der Waals surface area contributed by atoms with Crippen molar-refractivity contribution in [2.75, 3.05) is 0 Å². The summed E-state index contributed by atoms with van der Waals surface area (Å²) in [7, 11) is -0.00617. The first kappa shape index (κ1) is 8.51. The lowest BCUT2D eigenvalue weighted by molar-refractivity contribution is 0.381. The Bertz CT molecular complexity index is 106. The molecule has 52 valence electrons. The number of hydrogen-bond acceptors (Lipinski definition) is 2. The van der Waals surface area contributed by atoms with Gasteiger partial charge in [-0.15, -0.1) is 0 Å². The van der Waals surface area contributed by atoms with Crippen LogP contribution in [0.2, 0.25) is 0 Å². The molecule has 0 unspecified atom stereocenters. The molecular weight excluding hydrogens is 135 g/mol. The van der Waals surface area contributed by atoms with E-state index in [9.17, 15) is 0 Å². The molecule has 0 heterocycles. The second kappa shape index (κ2) is 4.39. The largest absolute Gasteiger partial charge is 0.446 e. The van der Waals surface area contributed by atoms with Gasteiger partial charge in [-0.1, -0.05) is 13.2 Å². The first-order valence-electron chi connectivity index (χ1n) is 2.52. The van der Waals surface area contributed by atoms with E-state index in [4.69, 9.17) is 9.05 Å². The molecule has 0 bridgehead atoms. The summed E-state index contributed by atoms with van der Waals surface area (Å²) in [5.41, 5.74) is 0. The molecule has 0 atom stereocenters. The van der Waals surface area contributed by atoms with Crippen LogP contribution in [0.5, 0.6) is 0 Å². The number of allylic oxidation sites excluding steroid dienone is 2. The van der Waals surface area contributed by atoms with Gasteiger partial charge < -0.3 is 9.05 Å². The first-order chi connectivity index (χ1) is 4.13. The molecule has 0 spiro atoms. The Hall–Kier alpha value is -0.490. The fourth-order valence-electron chi connectivity index (χ4n) is 0.163. The topological polar surface area (TPSA) is 18.5 Å². The van der Waals surface area contributed by atoms with E-state index in [-0.39, 0.29) is 9.03 Å². The predicted molar refractivity (Wildman–Crippen MR) is 40.1 cm³/mol. The molecule has 0 aliphatic rings. The summed E-state index contributed by atoms with van der Waals surface area (Å²) in [6.45, 7) is 10.6. The van der Waals surface area contributed by atoms with E-state index in [1.54, 1.807) is 13.8 Å². The Morgan fingerprint density at radius 2 is 1.44 bits per heavy atom. The van der Waals surface area contributed by atoms with Crippen molar-refractivity contribution in [3.8, 4) is 0 Å². The molecular formula is C6H11O2P. The van der Waals surface area contributed by atoms with E-state index in [0.717, 1.165) is 0 Å². The van der Waals surface area contributed by atoms with Gasteiger partial charge in [-0.25, -0.2) is 0 Å². The molecule has 2 nitrogen and oxygen atoms in total. The van der Waals surface area contributed by atoms with Crippen LogP contribution in [0, 0.1) is 0 Å². The SMILES string of the molecule is C=C(C)OPOC(=C)C. The van der Waals surface area contributed by atoms with E-state index in [1.165, 1.54) is 0 Å². The molecule has 0 N–H and O–H groups in total. The van der Waals surface area contributed by atoms with Crippen molar-refractivity contribution < 1.29 is 9.05 Å². The highest BCUT2D eigenvalue weighted by molar-refractivity contribution is 7.26. The number of rotatable bonds is 4. The van der Waals surface area contributed by atoms with Gasteiger partial charge in [-0.3, -0.25) is 0 Å². The van der Waals surface area contributed by atoms with Gasteiger partial charge in [0.1, 0.15) is 0 Å². The van der Waals surface area contributed by atoms with E-state index < -0.39 is 0 Å². The summed E-state index contributed by atoms with van der Waals surface area (Å²) in [5, 5.41) is 0. The van der Waals surface area contributed by atoms with Crippen molar-refractivity contribution in [3.05, 3.63) is 24.7 Å². The van der Waals surface area contributed by atoms with Gasteiger partial charge in [-0.2, -0.15) is 0 Å². The zero-order valence-electron chi connectivity index (χ0n) is 5.73. The monoisotopic (exact) mass is 146 g/mol. The van der Waals surface area contributed by atoms with Crippen molar-refractivity contribution in [2.24, 2.45) is 0 Å². The van der Waals surface area contributed by atoms with Crippen molar-refractivity contribution in [2.45, 2.75) is 13.8 Å². The summed E-state index contributed by atoms with van der Waals surface area (Å²) in [6, 6.07) is 0. The van der Waals surface area contributed by atoms with Crippen LogP contribution < -0.4 is 0 Å². The maximum Gasteiger partial charge on any atom is 0.274 e. The highest BCUT2D eigenvalue weighted by Gasteiger charge is 1.86. The molecule has 0 rings (SSSR count). The van der Waals surface area contributed by atoms with Crippen LogP contribution >= 0.6 is 9.03 Å². The lowest BCUT2D eigenvalue weighted by atomic mass is 10.7. The molecule has 9 heavy (non-hydrogen) atoms. The Balaban J connectivity index is 3.10. The molecule has 0 aliphatic carbocycles. The second-order valence-corrected chi connectivity index (χ2v) is 2.27. The van der Waals surface area contributed by atoms with E-state index >= 15 is 0 Å². The summed E-state index contributed by atoms with van der Waals surface area (Å²) in [4.78, 5) is 0. The van der Waals surface area contributed by atoms with E-state index in [1.807, 2.05) is 0 Å². The van der Waals surface area contributed by atoms with Crippen molar-refractivity contribution in [1.82, 2.24) is 0 Å². The Morgan fingerprint density at radius 1 is 1.11 bits per heavy atom. The average molecular weight is 146 g/mol. The van der Waals surface area contributed by atoms with Gasteiger partial charge in [-0.05, 0) is 13.8 Å². The Kier molecular flexibility index (Phi) is 4.16. The fourth-order valence-corrected chi connectivity index (χ4v) is 0.489. The normalized spacial score (nSPS) is 8.22. The molecule has 0 saturated carbocycles. The summed E-state index contributed by atoms with van der Waals surface area (Å²) >= 11 is 0. The minimum absolute atomic E-state index is 0.00617. The van der Waals surface area contributed by atoms with Crippen molar-refractivity contribution in [1.29, 1.82) is 0 Å². The Morgan fingerprint density at radius 3 is 1.67 bits per heavy atom. The van der Waals surface area contributed by atoms with Crippen LogP contribution in [0.25, 0.3) is 0 Å². The van der Waals surface area contributed by atoms with Crippen LogP contribution in [-0.4, -0.2) is 0 Å². The van der Waals surface area contributed by atoms with Crippen LogP contribution in [0.4, 0.5) is 0 Å². The van der Waals surface area contributed by atoms with E-state index in [0.29, 0.717) is 11.5 Å². The predicted octanol–water partition coefficient (Wildman–Crippen LogP) is 2.60. The highest BCUT2D eigenvalue weighted by atomic mass is 31.1. The minimum atomic E-state index is -0.00617. The maximum atomic E-state index is 4.90. The molecule has 0 saturated heterocycles. The first-order valence-corrected chi connectivity index (χ1v) is 3.34. The van der Waals surface area contributed by atoms with Crippen LogP contribution in [0.1, 0.15) is 13.8 Å². The van der Waals surface area contributed by atoms with Crippen molar-refractivity contribution in [3.63, 3.8) is 0 Å². The lowest BCUT2D eigenvalue weighted by Gasteiger charge is -2.03. The zero-order valence-corrected chi connectivity index (χ0v) is 6.73. The lowest BCUT2D eigenvalue weighted by Crippen LogP contribution is -1.74. The highest BCUT2D eigenvalue weighted by Crippen LogP contribution is 2.20. The van der Waals surface area contributed by atoms with Crippen LogP contribution in [-0.2, 0) is 9.05 Å². The third-order valence-corrected chi connectivity index (χ3v) is 1.30. The molecule has 0 amide bonds. The summed E-state index contributed by atoms with van der Waals surface area (Å²) in [5.74, 6) is 1.32. The number of hydrogen-bond donors (Lipinski definition) is 0. The van der Waals surface area contributed by atoms with Gasteiger partial charge in [0, 0.05) is 0 Å². The summed E-state index contributed by atoms with van der Waals surface area (Å²) in [6.07, 6.45) is 0. The molecule has 0 aliphatic heterocycles. The van der Waals surface area contributed by atoms with Crippen LogP contribution in [0.3, 0.4) is 0 Å².